The van der Waals surface area contributed by atoms with Gasteiger partial charge in [-0.15, -0.1) is 11.8 Å². The molecule has 0 aliphatic carbocycles. The normalized spacial score (nSPS) is 19.6. The Labute approximate surface area is 91.2 Å². The third-order valence-corrected chi connectivity index (χ3v) is 3.54. The lowest BCUT2D eigenvalue weighted by Crippen LogP contribution is -2.31. The Morgan fingerprint density at radius 2 is 2.33 bits per heavy atom. The van der Waals surface area contributed by atoms with Gasteiger partial charge in [0.15, 0.2) is 0 Å². The van der Waals surface area contributed by atoms with E-state index in [-0.39, 0.29) is 17.0 Å². The number of carbonyl (C=O) groups excluding carboxylic acids is 1. The van der Waals surface area contributed by atoms with E-state index in [0.29, 0.717) is 18.7 Å². The van der Waals surface area contributed by atoms with Crippen molar-refractivity contribution in [2.45, 2.75) is 16.6 Å². The Hall–Kier alpha value is -1.07. The summed E-state index contributed by atoms with van der Waals surface area (Å²) >= 11 is 1.37. The molecule has 1 aliphatic heterocycles. The van der Waals surface area contributed by atoms with E-state index in [0.717, 1.165) is 4.90 Å². The number of fused-ring (bicyclic) bond motifs is 1. The number of hydrogen-bond donors (Lipinski definition) is 2. The first kappa shape index (κ1) is 10.4. The maximum Gasteiger partial charge on any atom is 0.238 e. The van der Waals surface area contributed by atoms with Gasteiger partial charge in [-0.2, -0.15) is 0 Å². The second-order valence-electron chi connectivity index (χ2n) is 3.29. The van der Waals surface area contributed by atoms with Gasteiger partial charge in [-0.25, -0.2) is 4.39 Å². The topological polar surface area (TPSA) is 55.1 Å². The van der Waals surface area contributed by atoms with Crippen molar-refractivity contribution in [2.75, 3.05) is 11.9 Å². The Morgan fingerprint density at radius 1 is 1.53 bits per heavy atom. The van der Waals surface area contributed by atoms with E-state index < -0.39 is 0 Å². The molecule has 1 aliphatic rings. The fourth-order valence-corrected chi connectivity index (χ4v) is 2.63. The highest BCUT2D eigenvalue weighted by Gasteiger charge is 2.27. The van der Waals surface area contributed by atoms with Crippen LogP contribution in [0.1, 0.15) is 6.42 Å². The molecule has 5 heteroatoms. The molecule has 1 heterocycles. The number of benzene rings is 1. The first-order valence-electron chi connectivity index (χ1n) is 4.68. The van der Waals surface area contributed by atoms with Gasteiger partial charge in [0, 0.05) is 4.90 Å². The van der Waals surface area contributed by atoms with E-state index in [9.17, 15) is 9.18 Å². The van der Waals surface area contributed by atoms with Crippen molar-refractivity contribution in [2.24, 2.45) is 5.73 Å². The Kier molecular flexibility index (Phi) is 2.93. The molecule has 0 fully saturated rings. The number of para-hydroxylation sites is 1. The molecule has 15 heavy (non-hydrogen) atoms. The average molecular weight is 226 g/mol. The second kappa shape index (κ2) is 4.20. The third kappa shape index (κ3) is 1.98. The number of amides is 1. The lowest BCUT2D eigenvalue weighted by Gasteiger charge is -2.23. The smallest absolute Gasteiger partial charge is 0.238 e. The van der Waals surface area contributed by atoms with E-state index in [1.54, 1.807) is 12.1 Å². The first-order chi connectivity index (χ1) is 7.22. The Balaban J connectivity index is 2.30. The molecular formula is C10H11FN2OS. The average Bonchev–Trinajstić information content (AvgIpc) is 2.21. The minimum atomic E-state index is -0.389. The molecule has 0 saturated heterocycles. The molecule has 1 atom stereocenters. The highest BCUT2D eigenvalue weighted by atomic mass is 32.2. The number of nitrogens with two attached hydrogens (primary N) is 1. The van der Waals surface area contributed by atoms with Crippen LogP contribution in [0.4, 0.5) is 10.1 Å². The van der Waals surface area contributed by atoms with Gasteiger partial charge < -0.3 is 11.1 Å². The van der Waals surface area contributed by atoms with Crippen LogP contribution in [0.15, 0.2) is 23.1 Å². The first-order valence-corrected chi connectivity index (χ1v) is 5.56. The number of rotatable bonds is 2. The van der Waals surface area contributed by atoms with E-state index in [4.69, 9.17) is 5.73 Å². The SMILES string of the molecule is NCCC1Sc2cccc(F)c2NC1=O. The van der Waals surface area contributed by atoms with Crippen molar-refractivity contribution >= 4 is 23.4 Å². The molecule has 0 aromatic heterocycles. The molecule has 1 unspecified atom stereocenters. The summed E-state index contributed by atoms with van der Waals surface area (Å²) in [6.45, 7) is 0.454. The van der Waals surface area contributed by atoms with Crippen LogP contribution in [0, 0.1) is 5.82 Å². The molecule has 3 nitrogen and oxygen atoms in total. The molecule has 3 N–H and O–H groups in total. The zero-order valence-corrected chi connectivity index (χ0v) is 8.81. The largest absolute Gasteiger partial charge is 0.330 e. The number of anilines is 1. The molecule has 2 rings (SSSR count). The van der Waals surface area contributed by atoms with Crippen LogP contribution < -0.4 is 11.1 Å². The van der Waals surface area contributed by atoms with Gasteiger partial charge in [-0.1, -0.05) is 6.07 Å². The van der Waals surface area contributed by atoms with Crippen LogP contribution in [-0.4, -0.2) is 17.7 Å². The van der Waals surface area contributed by atoms with E-state index >= 15 is 0 Å². The fraction of sp³-hybridized carbons (Fsp3) is 0.300. The number of nitrogens with one attached hydrogen (secondary N) is 1. The summed E-state index contributed by atoms with van der Waals surface area (Å²) in [6, 6.07) is 4.77. The summed E-state index contributed by atoms with van der Waals surface area (Å²) in [6.07, 6.45) is 0.604. The van der Waals surface area contributed by atoms with Crippen molar-refractivity contribution in [3.05, 3.63) is 24.0 Å². The summed E-state index contributed by atoms with van der Waals surface area (Å²) < 4.78 is 13.3. The number of carbonyl (C=O) groups is 1. The van der Waals surface area contributed by atoms with Crippen molar-refractivity contribution in [1.29, 1.82) is 0 Å². The summed E-state index contributed by atoms with van der Waals surface area (Å²) in [5.74, 6) is -0.553. The van der Waals surface area contributed by atoms with Gasteiger partial charge in [-0.05, 0) is 25.1 Å². The monoisotopic (exact) mass is 226 g/mol. The second-order valence-corrected chi connectivity index (χ2v) is 4.53. The summed E-state index contributed by atoms with van der Waals surface area (Å²) in [5.41, 5.74) is 5.70. The van der Waals surface area contributed by atoms with Gasteiger partial charge in [0.25, 0.3) is 0 Å². The predicted octanol–water partition coefficient (Wildman–Crippen LogP) is 1.59. The maximum absolute atomic E-state index is 13.3. The lowest BCUT2D eigenvalue weighted by atomic mass is 10.2. The number of halogens is 1. The Bertz CT molecular complexity index is 397. The van der Waals surface area contributed by atoms with Crippen LogP contribution in [0.25, 0.3) is 0 Å². The van der Waals surface area contributed by atoms with E-state index in [2.05, 4.69) is 5.32 Å². The van der Waals surface area contributed by atoms with Gasteiger partial charge in [-0.3, -0.25) is 4.79 Å². The van der Waals surface area contributed by atoms with Gasteiger partial charge in [0.2, 0.25) is 5.91 Å². The van der Waals surface area contributed by atoms with Gasteiger partial charge in [0.05, 0.1) is 10.9 Å². The van der Waals surface area contributed by atoms with Crippen LogP contribution in [0.2, 0.25) is 0 Å². The van der Waals surface area contributed by atoms with Crippen LogP contribution in [0.3, 0.4) is 0 Å². The molecule has 1 aromatic rings. The van der Waals surface area contributed by atoms with Crippen molar-refractivity contribution in [3.8, 4) is 0 Å². The lowest BCUT2D eigenvalue weighted by molar-refractivity contribution is -0.115. The molecule has 0 spiro atoms. The minimum absolute atomic E-state index is 0.164. The molecule has 0 bridgehead atoms. The molecule has 0 saturated carbocycles. The summed E-state index contributed by atoms with van der Waals surface area (Å²) in [4.78, 5) is 12.3. The number of thioether (sulfide) groups is 1. The van der Waals surface area contributed by atoms with Crippen molar-refractivity contribution in [1.82, 2.24) is 0 Å². The predicted molar refractivity (Wildman–Crippen MR) is 58.3 cm³/mol. The fourth-order valence-electron chi connectivity index (χ4n) is 1.48. The quantitative estimate of drug-likeness (QED) is 0.805. The van der Waals surface area contributed by atoms with Gasteiger partial charge in [0.1, 0.15) is 5.82 Å². The van der Waals surface area contributed by atoms with E-state index in [1.807, 2.05) is 0 Å². The van der Waals surface area contributed by atoms with Crippen LogP contribution in [0.5, 0.6) is 0 Å². The molecule has 1 aromatic carbocycles. The highest BCUT2D eigenvalue weighted by molar-refractivity contribution is 8.01. The van der Waals surface area contributed by atoms with Crippen molar-refractivity contribution < 1.29 is 9.18 Å². The van der Waals surface area contributed by atoms with Crippen LogP contribution >= 0.6 is 11.8 Å². The van der Waals surface area contributed by atoms with Crippen LogP contribution in [-0.2, 0) is 4.79 Å². The highest BCUT2D eigenvalue weighted by Crippen LogP contribution is 2.37. The summed E-state index contributed by atoms with van der Waals surface area (Å²) in [7, 11) is 0. The zero-order valence-electron chi connectivity index (χ0n) is 8.00. The molecular weight excluding hydrogens is 215 g/mol. The van der Waals surface area contributed by atoms with Crippen molar-refractivity contribution in [3.63, 3.8) is 0 Å². The molecule has 1 amide bonds. The molecule has 80 valence electrons. The zero-order chi connectivity index (χ0) is 10.8. The Morgan fingerprint density at radius 3 is 3.07 bits per heavy atom. The van der Waals surface area contributed by atoms with E-state index in [1.165, 1.54) is 17.8 Å². The standard InChI is InChI=1S/C10H11FN2OS/c11-6-2-1-3-7-9(6)13-10(14)8(15-7)4-5-12/h1-3,8H,4-5,12H2,(H,13,14). The maximum atomic E-state index is 13.3. The number of hydrogen-bond acceptors (Lipinski definition) is 3. The summed E-state index contributed by atoms with van der Waals surface area (Å²) in [5, 5.41) is 2.37. The molecule has 0 radical (unpaired) electrons. The minimum Gasteiger partial charge on any atom is -0.330 e. The van der Waals surface area contributed by atoms with Gasteiger partial charge >= 0.3 is 0 Å². The third-order valence-electron chi connectivity index (χ3n) is 2.21.